The second kappa shape index (κ2) is 33.8. The number of aliphatic hydroxyl groups excluding tert-OH is 4. The predicted molar refractivity (Wildman–Crippen MR) is 293 cm³/mol. The Morgan fingerprint density at radius 3 is 1.98 bits per heavy atom. The molecule has 1 aromatic heterocycles. The summed E-state index contributed by atoms with van der Waals surface area (Å²) in [7, 11) is 6.88. The number of aromatic nitrogens is 2. The van der Waals surface area contributed by atoms with Crippen LogP contribution in [0.4, 0.5) is 0 Å². The second-order valence-electron chi connectivity index (χ2n) is 22.1. The van der Waals surface area contributed by atoms with E-state index >= 15 is 0 Å². The van der Waals surface area contributed by atoms with Gasteiger partial charge in [0.2, 0.25) is 12.2 Å². The van der Waals surface area contributed by atoms with E-state index in [1.54, 1.807) is 13.8 Å². The Morgan fingerprint density at radius 1 is 0.759 bits per heavy atom. The number of esters is 3. The predicted octanol–water partition coefficient (Wildman–Crippen LogP) is 0.782. The molecule has 0 radical (unpaired) electrons. The number of nitrogens with one attached hydrogen (secondary N) is 1. The number of carboxylic acids is 1. The van der Waals surface area contributed by atoms with Crippen molar-refractivity contribution in [3.8, 4) is 0 Å². The first kappa shape index (κ1) is 69.0. The van der Waals surface area contributed by atoms with Crippen LogP contribution in [0.5, 0.6) is 0 Å². The van der Waals surface area contributed by atoms with Gasteiger partial charge in [-0.25, -0.2) is 9.59 Å². The van der Waals surface area contributed by atoms with Gasteiger partial charge in [-0.05, 0) is 58.4 Å². The lowest BCUT2D eigenvalue weighted by Gasteiger charge is -2.43. The van der Waals surface area contributed by atoms with E-state index in [2.05, 4.69) is 19.1 Å². The highest BCUT2D eigenvalue weighted by atomic mass is 16.7. The molecule has 1 amide bonds. The fourth-order valence-electron chi connectivity index (χ4n) is 11.3. The number of nitrogens with zero attached hydrogens (tertiary/aromatic N) is 3. The third-order valence-electron chi connectivity index (χ3n) is 15.8. The maximum Gasteiger partial charge on any atom is 0.330 e. The molecule has 27 nitrogen and oxygen atoms in total. The van der Waals surface area contributed by atoms with Crippen molar-refractivity contribution >= 4 is 29.8 Å². The summed E-state index contributed by atoms with van der Waals surface area (Å²) in [6.45, 7) is 4.79. The fraction of sp³-hybridized carbons (Fsp3) is 0.804. The number of carboxylic acid groups (broad SMARTS) is 1. The Labute approximate surface area is 483 Å². The average molecular weight is 1190 g/mol. The lowest BCUT2D eigenvalue weighted by Crippen LogP contribution is -2.59. The summed E-state index contributed by atoms with van der Waals surface area (Å²) in [5.41, 5.74) is 3.95. The van der Waals surface area contributed by atoms with Gasteiger partial charge in [0.1, 0.15) is 79.3 Å². The van der Waals surface area contributed by atoms with E-state index in [0.717, 1.165) is 67.3 Å². The standard InChI is InChI=1S/C56H91N5O22/c1-9-10-11-12-13-14-15-16-17-18-19-20-21-22-23-33(78-37(63)26-31(2)27-38(64)81-55-50(76-8)49(75-7)46(74-6)32(3)77-55)28-39(65)79-35-30-59(4)41(51(70)60(5)40(35)53(71)72)47(83-54-45(69)42(66)34(29-57)80-54)48-43(67)44(68)52(82-48)61-25-24-36(62)58-56(61)73/h16-17,24-25,31-35,40-50,52,54-55,66-69H,9-15,18-23,26-30,57H2,1-8H3,(H,71,72)(H,58,62,73). The summed E-state index contributed by atoms with van der Waals surface area (Å²) in [6, 6.07) is -2.61. The van der Waals surface area contributed by atoms with Gasteiger partial charge < -0.3 is 83.5 Å². The van der Waals surface area contributed by atoms with E-state index in [0.29, 0.717) is 6.42 Å². The molecule has 8 N–H and O–H groups in total. The number of hydrogen-bond acceptors (Lipinski definition) is 23. The summed E-state index contributed by atoms with van der Waals surface area (Å²) >= 11 is 0. The van der Waals surface area contributed by atoms with Gasteiger partial charge in [0, 0.05) is 66.6 Å². The first-order valence-corrected chi connectivity index (χ1v) is 29.0. The van der Waals surface area contributed by atoms with Crippen molar-refractivity contribution < 1.29 is 96.9 Å². The van der Waals surface area contributed by atoms with E-state index in [9.17, 15) is 59.1 Å². The Bertz CT molecular complexity index is 2360. The van der Waals surface area contributed by atoms with Gasteiger partial charge >= 0.3 is 29.6 Å². The van der Waals surface area contributed by atoms with E-state index in [-0.39, 0.29) is 25.8 Å². The first-order valence-electron chi connectivity index (χ1n) is 29.0. The fourth-order valence-corrected chi connectivity index (χ4v) is 11.3. The minimum absolute atomic E-state index is 0.215. The minimum Gasteiger partial charge on any atom is -0.480 e. The zero-order valence-corrected chi connectivity index (χ0v) is 49.1. The molecule has 5 heterocycles. The molecule has 0 aliphatic carbocycles. The molecule has 4 fully saturated rings. The minimum atomic E-state index is -1.97. The maximum atomic E-state index is 14.7. The van der Waals surface area contributed by atoms with Crippen molar-refractivity contribution in [1.29, 1.82) is 0 Å². The van der Waals surface area contributed by atoms with Crippen LogP contribution in [0.25, 0.3) is 0 Å². The summed E-state index contributed by atoms with van der Waals surface area (Å²) in [5, 5.41) is 55.3. The number of aromatic amines is 1. The van der Waals surface area contributed by atoms with Gasteiger partial charge in [-0.1, -0.05) is 70.9 Å². The molecule has 0 spiro atoms. The average Bonchev–Trinajstić information content (AvgIpc) is 3.20. The Hall–Kier alpha value is -4.75. The first-order chi connectivity index (χ1) is 39.6. The third-order valence-corrected chi connectivity index (χ3v) is 15.8. The zero-order chi connectivity index (χ0) is 61.1. The van der Waals surface area contributed by atoms with Gasteiger partial charge in [-0.15, -0.1) is 0 Å². The topological polar surface area (TPSA) is 366 Å². The summed E-state index contributed by atoms with van der Waals surface area (Å²) in [4.78, 5) is 97.8. The largest absolute Gasteiger partial charge is 0.480 e. The Morgan fingerprint density at radius 2 is 1.37 bits per heavy atom. The third kappa shape index (κ3) is 18.9. The number of likely N-dealkylation sites (N-methyl/N-ethyl adjacent to an activating group) is 2. The maximum absolute atomic E-state index is 14.7. The van der Waals surface area contributed by atoms with Crippen LogP contribution in [0.15, 0.2) is 34.0 Å². The van der Waals surface area contributed by atoms with E-state index < -0.39 is 170 Å². The molecule has 83 heavy (non-hydrogen) atoms. The molecule has 472 valence electrons. The number of unbranched alkanes of at least 4 members (excludes halogenated alkanes) is 10. The molecule has 27 heteroatoms. The molecule has 4 aliphatic rings. The molecule has 0 aromatic carbocycles. The summed E-state index contributed by atoms with van der Waals surface area (Å²) < 4.78 is 58.8. The molecular weight excluding hydrogens is 1090 g/mol. The number of H-pyrrole nitrogens is 1. The zero-order valence-electron chi connectivity index (χ0n) is 49.1. The molecule has 0 saturated carbocycles. The van der Waals surface area contributed by atoms with Gasteiger partial charge in [0.15, 0.2) is 18.6 Å². The quantitative estimate of drug-likeness (QED) is 0.0221. The number of carbonyl (C=O) groups is 5. The van der Waals surface area contributed by atoms with Crippen LogP contribution in [0.1, 0.15) is 130 Å². The highest BCUT2D eigenvalue weighted by molar-refractivity contribution is 5.88. The van der Waals surface area contributed by atoms with E-state index in [4.69, 9.17) is 53.1 Å². The number of hydrogen-bond donors (Lipinski definition) is 7. The monoisotopic (exact) mass is 1190 g/mol. The van der Waals surface area contributed by atoms with Crippen LogP contribution in [0.2, 0.25) is 0 Å². The van der Waals surface area contributed by atoms with E-state index in [1.807, 2.05) is 4.98 Å². The summed E-state index contributed by atoms with van der Waals surface area (Å²) in [5.74, 6) is -5.60. The van der Waals surface area contributed by atoms with Crippen molar-refractivity contribution in [3.05, 3.63) is 45.3 Å². The number of nitrogens with two attached hydrogens (primary N) is 1. The molecule has 5 rings (SSSR count). The number of aliphatic hydroxyl groups is 4. The lowest BCUT2D eigenvalue weighted by molar-refractivity contribution is -0.297. The van der Waals surface area contributed by atoms with Gasteiger partial charge in [0.25, 0.3) is 5.56 Å². The van der Waals surface area contributed by atoms with Crippen LogP contribution in [-0.2, 0) is 71.3 Å². The van der Waals surface area contributed by atoms with Crippen LogP contribution < -0.4 is 17.0 Å². The van der Waals surface area contributed by atoms with Gasteiger partial charge in [-0.2, -0.15) is 0 Å². The van der Waals surface area contributed by atoms with Crippen molar-refractivity contribution in [3.63, 3.8) is 0 Å². The van der Waals surface area contributed by atoms with E-state index in [1.165, 1.54) is 65.4 Å². The number of carbonyl (C=O) groups excluding carboxylic acids is 4. The number of aliphatic carboxylic acids is 1. The Balaban J connectivity index is 1.31. The second-order valence-corrected chi connectivity index (χ2v) is 22.1. The molecule has 4 aliphatic heterocycles. The van der Waals surface area contributed by atoms with Gasteiger partial charge in [-0.3, -0.25) is 38.4 Å². The molecule has 4 saturated heterocycles. The van der Waals surface area contributed by atoms with Crippen LogP contribution in [0.3, 0.4) is 0 Å². The number of rotatable bonds is 33. The smallest absolute Gasteiger partial charge is 0.330 e. The normalized spacial score (nSPS) is 31.6. The SMILES string of the molecule is CCCCCCCCC=CCCCCCCC(CC(=O)OC1CN(C)C(C(OC2OC(CN)C(O)C2O)C2OC(n3ccc(=O)[nH]c3=O)C(O)C2O)C(=O)N(C)C1C(=O)O)OC(=O)CC(C)CC(=O)OC1OC(C)C(OC)C(OC)C1OC. The summed E-state index contributed by atoms with van der Waals surface area (Å²) in [6.07, 6.45) is -4.86. The molecule has 19 atom stereocenters. The number of ether oxygens (including phenoxy) is 10. The molecular formula is C56H91N5O22. The lowest BCUT2D eigenvalue weighted by atomic mass is 9.97. The van der Waals surface area contributed by atoms with Crippen LogP contribution in [0, 0.1) is 5.92 Å². The highest BCUT2D eigenvalue weighted by Gasteiger charge is 2.57. The number of amides is 1. The number of allylic oxidation sites excluding steroid dienone is 2. The molecule has 1 aromatic rings. The van der Waals surface area contributed by atoms with Crippen molar-refractivity contribution in [2.75, 3.05) is 48.5 Å². The molecule has 0 bridgehead atoms. The van der Waals surface area contributed by atoms with Gasteiger partial charge in [0.05, 0.1) is 12.5 Å². The number of methoxy groups -OCH3 is 3. The highest BCUT2D eigenvalue weighted by Crippen LogP contribution is 2.37. The van der Waals surface area contributed by atoms with Crippen molar-refractivity contribution in [1.82, 2.24) is 19.4 Å². The van der Waals surface area contributed by atoms with Crippen molar-refractivity contribution in [2.24, 2.45) is 11.7 Å². The van der Waals surface area contributed by atoms with Crippen LogP contribution >= 0.6 is 0 Å². The van der Waals surface area contributed by atoms with Crippen LogP contribution in [-0.4, -0.2) is 227 Å². The van der Waals surface area contributed by atoms with Crippen molar-refractivity contribution in [2.45, 2.75) is 234 Å². The Kier molecular flexibility index (Phi) is 28.1. The molecule has 19 unspecified atom stereocenters.